The normalized spacial score (nSPS) is 13.5. The lowest BCUT2D eigenvalue weighted by molar-refractivity contribution is -0.917. The van der Waals surface area contributed by atoms with E-state index in [1.54, 1.807) is 26.4 Å². The Bertz CT molecular complexity index is 885. The molecule has 1 aliphatic rings. The monoisotopic (exact) mass is 431 g/mol. The molecular formula is C21H25N3O7. The quantitative estimate of drug-likeness (QED) is 0.544. The third kappa shape index (κ3) is 6.68. The number of hydrogen-bond acceptors (Lipinski definition) is 7. The Morgan fingerprint density at radius 3 is 2.29 bits per heavy atom. The number of piperazine rings is 1. The summed E-state index contributed by atoms with van der Waals surface area (Å²) in [6.45, 7) is 4.16. The molecule has 1 aromatic heterocycles. The van der Waals surface area contributed by atoms with E-state index in [0.29, 0.717) is 17.1 Å². The average Bonchev–Trinajstić information content (AvgIpc) is 2.79. The van der Waals surface area contributed by atoms with Crippen LogP contribution in [0.3, 0.4) is 0 Å². The van der Waals surface area contributed by atoms with Gasteiger partial charge in [0.15, 0.2) is 17.5 Å². The van der Waals surface area contributed by atoms with Gasteiger partial charge in [0.05, 0.1) is 51.7 Å². The van der Waals surface area contributed by atoms with E-state index in [-0.39, 0.29) is 5.91 Å². The molecule has 10 nitrogen and oxygen atoms in total. The number of carbonyl (C=O) groups is 3. The summed E-state index contributed by atoms with van der Waals surface area (Å²) in [6.07, 6.45) is 1.82. The molecular weight excluding hydrogens is 406 g/mol. The number of hydrogen-bond donors (Lipinski definition) is 2. The maximum atomic E-state index is 12.9. The SMILES string of the molecule is COc1cccc(C(=O)N2CC[NH+](Cc3ccccn3)CC2)c1OC.O=C([O-])C(=O)O. The molecule has 0 radical (unpaired) electrons. The number of rotatable bonds is 5. The minimum absolute atomic E-state index is 0.00682. The van der Waals surface area contributed by atoms with Crippen LogP contribution in [0.4, 0.5) is 0 Å². The van der Waals surface area contributed by atoms with Crippen LogP contribution in [0.2, 0.25) is 0 Å². The standard InChI is InChI=1S/C19H23N3O3.C2H2O4/c1-24-17-8-5-7-16(18(17)25-2)19(23)22-12-10-21(11-13-22)14-15-6-3-4-9-20-15;3-1(4)2(5)6/h3-9H,10-14H2,1-2H3;(H,3,4)(H,5,6). The first-order chi connectivity index (χ1) is 14.9. The van der Waals surface area contributed by atoms with Crippen molar-refractivity contribution in [3.63, 3.8) is 0 Å². The van der Waals surface area contributed by atoms with Gasteiger partial charge in [0, 0.05) is 6.20 Å². The largest absolute Gasteiger partial charge is 0.539 e. The molecule has 166 valence electrons. The first-order valence-corrected chi connectivity index (χ1v) is 9.55. The number of aromatic nitrogens is 1. The van der Waals surface area contributed by atoms with E-state index in [9.17, 15) is 4.79 Å². The lowest BCUT2D eigenvalue weighted by Gasteiger charge is -2.32. The highest BCUT2D eigenvalue weighted by atomic mass is 16.5. The number of nitrogens with zero attached hydrogens (tertiary/aromatic N) is 2. The molecule has 1 amide bonds. The second-order valence-electron chi connectivity index (χ2n) is 6.67. The summed E-state index contributed by atoms with van der Waals surface area (Å²) in [5.41, 5.74) is 1.64. The van der Waals surface area contributed by atoms with E-state index < -0.39 is 11.9 Å². The molecule has 1 fully saturated rings. The zero-order chi connectivity index (χ0) is 22.8. The molecule has 0 saturated carbocycles. The number of quaternary nitrogens is 1. The van der Waals surface area contributed by atoms with E-state index in [2.05, 4.69) is 4.98 Å². The number of carboxylic acids is 2. The summed E-state index contributed by atoms with van der Waals surface area (Å²) in [5.74, 6) is -2.94. The lowest BCUT2D eigenvalue weighted by atomic mass is 10.1. The first-order valence-electron chi connectivity index (χ1n) is 9.55. The van der Waals surface area contributed by atoms with Gasteiger partial charge in [-0.15, -0.1) is 0 Å². The van der Waals surface area contributed by atoms with Gasteiger partial charge < -0.3 is 34.3 Å². The van der Waals surface area contributed by atoms with Crippen LogP contribution in [0.15, 0.2) is 42.6 Å². The fourth-order valence-electron chi connectivity index (χ4n) is 3.19. The van der Waals surface area contributed by atoms with Crippen molar-refractivity contribution in [2.75, 3.05) is 40.4 Å². The molecule has 31 heavy (non-hydrogen) atoms. The average molecular weight is 431 g/mol. The molecule has 0 spiro atoms. The van der Waals surface area contributed by atoms with E-state index in [4.69, 9.17) is 29.3 Å². The van der Waals surface area contributed by atoms with Crippen LogP contribution >= 0.6 is 0 Å². The van der Waals surface area contributed by atoms with Gasteiger partial charge in [-0.2, -0.15) is 0 Å². The number of benzene rings is 1. The predicted molar refractivity (Wildman–Crippen MR) is 107 cm³/mol. The smallest absolute Gasteiger partial charge is 0.351 e. The number of nitrogens with one attached hydrogen (secondary N) is 1. The van der Waals surface area contributed by atoms with Gasteiger partial charge in [-0.3, -0.25) is 9.78 Å². The Kier molecular flexibility index (Phi) is 8.77. The minimum atomic E-state index is -2.07. The van der Waals surface area contributed by atoms with E-state index in [0.717, 1.165) is 38.4 Å². The minimum Gasteiger partial charge on any atom is -0.539 e. The topological polar surface area (TPSA) is 134 Å². The predicted octanol–water partition coefficient (Wildman–Crippen LogP) is -1.54. The Labute approximate surface area is 179 Å². The highest BCUT2D eigenvalue weighted by Gasteiger charge is 2.27. The molecule has 1 aromatic carbocycles. The van der Waals surface area contributed by atoms with Crippen LogP contribution in [0.5, 0.6) is 11.5 Å². The summed E-state index contributed by atoms with van der Waals surface area (Å²) in [7, 11) is 3.13. The number of carboxylic acid groups (broad SMARTS) is 2. The van der Waals surface area contributed by atoms with Crippen LogP contribution in [0.25, 0.3) is 0 Å². The lowest BCUT2D eigenvalue weighted by Crippen LogP contribution is -3.13. The molecule has 1 saturated heterocycles. The number of amides is 1. The fraction of sp³-hybridized carbons (Fsp3) is 0.333. The molecule has 2 heterocycles. The zero-order valence-corrected chi connectivity index (χ0v) is 17.4. The van der Waals surface area contributed by atoms with Crippen molar-refractivity contribution in [3.8, 4) is 11.5 Å². The Balaban J connectivity index is 0.000000501. The van der Waals surface area contributed by atoms with Gasteiger partial charge in [0.2, 0.25) is 0 Å². The Morgan fingerprint density at radius 1 is 1.10 bits per heavy atom. The molecule has 1 aliphatic heterocycles. The molecule has 0 atom stereocenters. The molecule has 0 unspecified atom stereocenters. The van der Waals surface area contributed by atoms with Crippen molar-refractivity contribution < 1.29 is 39.0 Å². The summed E-state index contributed by atoms with van der Waals surface area (Å²) in [4.78, 5) is 38.6. The number of aliphatic carboxylic acids is 2. The van der Waals surface area contributed by atoms with Crippen molar-refractivity contribution in [1.29, 1.82) is 0 Å². The summed E-state index contributed by atoms with van der Waals surface area (Å²) in [5, 5.41) is 16.3. The molecule has 3 rings (SSSR count). The second-order valence-corrected chi connectivity index (χ2v) is 6.67. The van der Waals surface area contributed by atoms with Gasteiger partial charge in [0.25, 0.3) is 5.91 Å². The maximum absolute atomic E-state index is 12.9. The Hall–Kier alpha value is -3.66. The van der Waals surface area contributed by atoms with E-state index in [1.807, 2.05) is 35.4 Å². The van der Waals surface area contributed by atoms with Crippen LogP contribution in [-0.4, -0.2) is 73.2 Å². The van der Waals surface area contributed by atoms with Gasteiger partial charge >= 0.3 is 5.97 Å². The fourth-order valence-corrected chi connectivity index (χ4v) is 3.19. The van der Waals surface area contributed by atoms with Crippen molar-refractivity contribution in [2.45, 2.75) is 6.54 Å². The Morgan fingerprint density at radius 2 is 1.77 bits per heavy atom. The number of carbonyl (C=O) groups excluding carboxylic acids is 2. The third-order valence-electron chi connectivity index (χ3n) is 4.72. The molecule has 2 N–H and O–H groups in total. The number of methoxy groups -OCH3 is 2. The van der Waals surface area contributed by atoms with Gasteiger partial charge in [0.1, 0.15) is 6.54 Å². The van der Waals surface area contributed by atoms with Gasteiger partial charge in [-0.25, -0.2) is 4.79 Å². The summed E-state index contributed by atoms with van der Waals surface area (Å²) in [6, 6.07) is 11.4. The third-order valence-corrected chi connectivity index (χ3v) is 4.72. The van der Waals surface area contributed by atoms with Crippen LogP contribution in [0.1, 0.15) is 16.1 Å². The van der Waals surface area contributed by atoms with Crippen LogP contribution in [-0.2, 0) is 16.1 Å². The number of para-hydroxylation sites is 1. The zero-order valence-electron chi connectivity index (χ0n) is 17.4. The van der Waals surface area contributed by atoms with Crippen molar-refractivity contribution in [2.24, 2.45) is 0 Å². The van der Waals surface area contributed by atoms with Crippen molar-refractivity contribution in [1.82, 2.24) is 9.88 Å². The van der Waals surface area contributed by atoms with E-state index >= 15 is 0 Å². The highest BCUT2D eigenvalue weighted by molar-refractivity contribution is 6.26. The van der Waals surface area contributed by atoms with Crippen LogP contribution < -0.4 is 19.5 Å². The van der Waals surface area contributed by atoms with E-state index in [1.165, 1.54) is 4.90 Å². The molecule has 0 aliphatic carbocycles. The first kappa shape index (κ1) is 23.6. The molecule has 10 heteroatoms. The van der Waals surface area contributed by atoms with Crippen molar-refractivity contribution in [3.05, 3.63) is 53.9 Å². The van der Waals surface area contributed by atoms with Crippen LogP contribution in [0, 0.1) is 0 Å². The molecule has 0 bridgehead atoms. The maximum Gasteiger partial charge on any atom is 0.351 e. The number of ether oxygens (including phenoxy) is 2. The number of pyridine rings is 1. The van der Waals surface area contributed by atoms with Crippen molar-refractivity contribution >= 4 is 17.8 Å². The molecule has 2 aromatic rings. The summed E-state index contributed by atoms with van der Waals surface area (Å²) >= 11 is 0. The van der Waals surface area contributed by atoms with Gasteiger partial charge in [-0.1, -0.05) is 12.1 Å². The second kappa shape index (κ2) is 11.5. The summed E-state index contributed by atoms with van der Waals surface area (Å²) < 4.78 is 10.7. The highest BCUT2D eigenvalue weighted by Crippen LogP contribution is 2.31. The van der Waals surface area contributed by atoms with Gasteiger partial charge in [-0.05, 0) is 24.3 Å².